The highest BCUT2D eigenvalue weighted by Gasteiger charge is 2.08. The third-order valence-electron chi connectivity index (χ3n) is 0.856. The smallest absolute Gasteiger partial charge is 0.357 e. The quantitative estimate of drug-likeness (QED) is 0.658. The normalized spacial score (nSPS) is 9.30. The molecule has 0 spiro atoms. The molecular weight excluding hydrogens is 156 g/mol. The van der Waals surface area contributed by atoms with Crippen LogP contribution in [0.3, 0.4) is 0 Å². The molecule has 1 N–H and O–H groups in total. The number of nitrogens with zero attached hydrogens (tertiary/aromatic N) is 2. The van der Waals surface area contributed by atoms with Crippen molar-refractivity contribution in [1.82, 2.24) is 9.97 Å². The standard InChI is InChI=1S/C5H3ClN2O2/c6-4-3(5(9)10)7-1-2-8-4/h1-2H,(H,9,10). The fraction of sp³-hybridized carbons (Fsp3) is 0. The van der Waals surface area contributed by atoms with Gasteiger partial charge in [0.05, 0.1) is 0 Å². The van der Waals surface area contributed by atoms with E-state index >= 15 is 0 Å². The van der Waals surface area contributed by atoms with Crippen LogP contribution in [0.5, 0.6) is 0 Å². The summed E-state index contributed by atoms with van der Waals surface area (Å²) in [5.74, 6) is -1.17. The van der Waals surface area contributed by atoms with E-state index in [1.807, 2.05) is 0 Å². The predicted octanol–water partition coefficient (Wildman–Crippen LogP) is 0.828. The Hall–Kier alpha value is -1.16. The van der Waals surface area contributed by atoms with Gasteiger partial charge < -0.3 is 5.11 Å². The Labute approximate surface area is 61.5 Å². The molecule has 0 aliphatic carbocycles. The third kappa shape index (κ3) is 1.22. The fourth-order valence-corrected chi connectivity index (χ4v) is 0.650. The van der Waals surface area contributed by atoms with Gasteiger partial charge in [-0.15, -0.1) is 0 Å². The molecular formula is C5H3ClN2O2. The minimum Gasteiger partial charge on any atom is -0.476 e. The molecule has 1 heterocycles. The largest absolute Gasteiger partial charge is 0.476 e. The second-order valence-electron chi connectivity index (χ2n) is 1.50. The maximum Gasteiger partial charge on any atom is 0.357 e. The molecule has 4 nitrogen and oxygen atoms in total. The zero-order valence-electron chi connectivity index (χ0n) is 4.78. The summed E-state index contributed by atoms with van der Waals surface area (Å²) in [4.78, 5) is 17.2. The molecule has 0 atom stereocenters. The lowest BCUT2D eigenvalue weighted by atomic mass is 10.5. The van der Waals surface area contributed by atoms with Crippen molar-refractivity contribution in [1.29, 1.82) is 0 Å². The Kier molecular flexibility index (Phi) is 1.82. The molecule has 1 aromatic heterocycles. The van der Waals surface area contributed by atoms with Gasteiger partial charge in [0.1, 0.15) is 0 Å². The van der Waals surface area contributed by atoms with Crippen molar-refractivity contribution < 1.29 is 9.90 Å². The molecule has 0 aliphatic heterocycles. The molecule has 0 bridgehead atoms. The molecule has 5 heteroatoms. The molecule has 0 unspecified atom stereocenters. The van der Waals surface area contributed by atoms with E-state index in [9.17, 15) is 4.79 Å². The van der Waals surface area contributed by atoms with E-state index in [0.717, 1.165) is 0 Å². The number of carboxylic acids is 1. The number of carbonyl (C=O) groups is 1. The highest BCUT2D eigenvalue weighted by molar-refractivity contribution is 6.31. The van der Waals surface area contributed by atoms with Crippen molar-refractivity contribution in [2.75, 3.05) is 0 Å². The minimum absolute atomic E-state index is 0.0880. The molecule has 0 aromatic carbocycles. The number of hydrogen-bond donors (Lipinski definition) is 1. The summed E-state index contributed by atoms with van der Waals surface area (Å²) in [5, 5.41) is 8.29. The van der Waals surface area contributed by atoms with Crippen LogP contribution in [0.1, 0.15) is 10.5 Å². The van der Waals surface area contributed by atoms with E-state index in [1.54, 1.807) is 0 Å². The summed E-state index contributed by atoms with van der Waals surface area (Å²) in [6, 6.07) is 0. The van der Waals surface area contributed by atoms with Gasteiger partial charge in [-0.2, -0.15) is 0 Å². The van der Waals surface area contributed by atoms with E-state index in [2.05, 4.69) is 9.97 Å². The van der Waals surface area contributed by atoms with Crippen LogP contribution in [0.4, 0.5) is 0 Å². The first kappa shape index (κ1) is 6.95. The Morgan fingerprint density at radius 2 is 2.10 bits per heavy atom. The maximum atomic E-state index is 10.2. The van der Waals surface area contributed by atoms with Gasteiger partial charge in [0, 0.05) is 12.4 Å². The second kappa shape index (κ2) is 2.62. The van der Waals surface area contributed by atoms with Crippen molar-refractivity contribution in [3.05, 3.63) is 23.2 Å². The van der Waals surface area contributed by atoms with Gasteiger partial charge in [0.15, 0.2) is 10.8 Å². The molecule has 0 aliphatic rings. The van der Waals surface area contributed by atoms with Crippen LogP contribution in [0.15, 0.2) is 12.4 Å². The fourth-order valence-electron chi connectivity index (χ4n) is 0.465. The van der Waals surface area contributed by atoms with Crippen LogP contribution in [0.2, 0.25) is 5.15 Å². The molecule has 0 saturated heterocycles. The van der Waals surface area contributed by atoms with E-state index in [-0.39, 0.29) is 10.8 Å². The number of rotatable bonds is 1. The van der Waals surface area contributed by atoms with Crippen molar-refractivity contribution in [2.45, 2.75) is 0 Å². The van der Waals surface area contributed by atoms with Gasteiger partial charge in [-0.25, -0.2) is 14.8 Å². The molecule has 10 heavy (non-hydrogen) atoms. The first-order valence-electron chi connectivity index (χ1n) is 2.41. The summed E-state index contributed by atoms with van der Waals surface area (Å²) in [5.41, 5.74) is -0.218. The van der Waals surface area contributed by atoms with Crippen LogP contribution in [0.25, 0.3) is 0 Å². The topological polar surface area (TPSA) is 63.1 Å². The Morgan fingerprint density at radius 1 is 1.50 bits per heavy atom. The lowest BCUT2D eigenvalue weighted by Gasteiger charge is -1.92. The van der Waals surface area contributed by atoms with Crippen LogP contribution >= 0.6 is 11.6 Å². The number of aromatic nitrogens is 2. The van der Waals surface area contributed by atoms with Crippen LogP contribution < -0.4 is 0 Å². The molecule has 52 valence electrons. The first-order chi connectivity index (χ1) is 4.72. The second-order valence-corrected chi connectivity index (χ2v) is 1.86. The van der Waals surface area contributed by atoms with Crippen molar-refractivity contribution in [3.8, 4) is 0 Å². The number of hydrogen-bond acceptors (Lipinski definition) is 3. The van der Waals surface area contributed by atoms with E-state index in [4.69, 9.17) is 16.7 Å². The van der Waals surface area contributed by atoms with Gasteiger partial charge in [-0.1, -0.05) is 11.6 Å². The third-order valence-corrected chi connectivity index (χ3v) is 1.13. The zero-order chi connectivity index (χ0) is 7.56. The Morgan fingerprint density at radius 3 is 2.50 bits per heavy atom. The number of carboxylic acid groups (broad SMARTS) is 1. The summed E-state index contributed by atoms with van der Waals surface area (Å²) >= 11 is 5.36. The van der Waals surface area contributed by atoms with Gasteiger partial charge >= 0.3 is 5.97 Å². The monoisotopic (exact) mass is 158 g/mol. The highest BCUT2D eigenvalue weighted by atomic mass is 35.5. The summed E-state index contributed by atoms with van der Waals surface area (Å²) in [7, 11) is 0. The van der Waals surface area contributed by atoms with Gasteiger partial charge in [-0.05, 0) is 0 Å². The van der Waals surface area contributed by atoms with Crippen LogP contribution in [-0.2, 0) is 0 Å². The summed E-state index contributed by atoms with van der Waals surface area (Å²) in [6.07, 6.45) is 2.60. The zero-order valence-corrected chi connectivity index (χ0v) is 5.54. The molecule has 0 amide bonds. The molecule has 0 saturated carbocycles. The van der Waals surface area contributed by atoms with Crippen LogP contribution in [0, 0.1) is 0 Å². The molecule has 1 aromatic rings. The molecule has 0 fully saturated rings. The van der Waals surface area contributed by atoms with Gasteiger partial charge in [0.25, 0.3) is 0 Å². The van der Waals surface area contributed by atoms with E-state index < -0.39 is 5.97 Å². The minimum atomic E-state index is -1.17. The van der Waals surface area contributed by atoms with Gasteiger partial charge in [0.2, 0.25) is 0 Å². The van der Waals surface area contributed by atoms with E-state index in [0.29, 0.717) is 0 Å². The summed E-state index contributed by atoms with van der Waals surface area (Å²) < 4.78 is 0. The lowest BCUT2D eigenvalue weighted by Crippen LogP contribution is -2.01. The molecule has 0 radical (unpaired) electrons. The van der Waals surface area contributed by atoms with Crippen molar-refractivity contribution in [3.63, 3.8) is 0 Å². The lowest BCUT2D eigenvalue weighted by molar-refractivity contribution is 0.0690. The number of halogens is 1. The predicted molar refractivity (Wildman–Crippen MR) is 34.0 cm³/mol. The van der Waals surface area contributed by atoms with E-state index in [1.165, 1.54) is 12.4 Å². The Bertz CT molecular complexity index is 264. The molecule has 1 rings (SSSR count). The highest BCUT2D eigenvalue weighted by Crippen LogP contribution is 2.06. The SMILES string of the molecule is O=C(O)c1nccnc1Cl. The average molecular weight is 159 g/mol. The first-order valence-corrected chi connectivity index (χ1v) is 2.79. The van der Waals surface area contributed by atoms with Crippen LogP contribution in [-0.4, -0.2) is 21.0 Å². The van der Waals surface area contributed by atoms with Crippen molar-refractivity contribution >= 4 is 17.6 Å². The average Bonchev–Trinajstić information content (AvgIpc) is 1.88. The van der Waals surface area contributed by atoms with Crippen molar-refractivity contribution in [2.24, 2.45) is 0 Å². The number of aromatic carboxylic acids is 1. The Balaban J connectivity index is 3.15. The maximum absolute atomic E-state index is 10.2. The van der Waals surface area contributed by atoms with Gasteiger partial charge in [-0.3, -0.25) is 0 Å². The summed E-state index contributed by atoms with van der Waals surface area (Å²) in [6.45, 7) is 0.